The quantitative estimate of drug-likeness (QED) is 0.577. The van der Waals surface area contributed by atoms with Crippen LogP contribution in [0, 0.1) is 6.92 Å². The Morgan fingerprint density at radius 2 is 2.00 bits per heavy atom. The molecule has 3 heterocycles. The molecule has 0 atom stereocenters. The summed E-state index contributed by atoms with van der Waals surface area (Å²) in [5, 5.41) is 3.64. The molecule has 9 heteroatoms. The number of aryl methyl sites for hydroxylation is 1. The Balaban J connectivity index is 1.37. The smallest absolute Gasteiger partial charge is 0.433 e. The minimum atomic E-state index is -4.51. The van der Waals surface area contributed by atoms with Gasteiger partial charge in [0.15, 0.2) is 0 Å². The molecule has 170 valence electrons. The SMILES string of the molecule is COc1cccc(CN2CCC(NC(=O)c3sc4nc(C(F)(F)F)ccc4c3C)CC2)c1. The van der Waals surface area contributed by atoms with Crippen molar-refractivity contribution in [2.45, 2.75) is 38.5 Å². The van der Waals surface area contributed by atoms with Crippen LogP contribution in [0.4, 0.5) is 13.2 Å². The number of pyridine rings is 1. The molecule has 1 N–H and O–H groups in total. The van der Waals surface area contributed by atoms with Crippen molar-refractivity contribution in [2.75, 3.05) is 20.2 Å². The largest absolute Gasteiger partial charge is 0.497 e. The van der Waals surface area contributed by atoms with E-state index in [1.807, 2.05) is 18.2 Å². The van der Waals surface area contributed by atoms with Crippen molar-refractivity contribution in [3.05, 3.63) is 58.1 Å². The number of ether oxygens (including phenoxy) is 1. The molecule has 0 spiro atoms. The van der Waals surface area contributed by atoms with Gasteiger partial charge in [-0.2, -0.15) is 13.2 Å². The first-order valence-corrected chi connectivity index (χ1v) is 11.2. The molecule has 2 aromatic heterocycles. The summed E-state index contributed by atoms with van der Waals surface area (Å²) in [4.78, 5) is 19.6. The van der Waals surface area contributed by atoms with Crippen molar-refractivity contribution >= 4 is 27.5 Å². The highest BCUT2D eigenvalue weighted by molar-refractivity contribution is 7.20. The molecule has 0 saturated carbocycles. The number of thiophene rings is 1. The van der Waals surface area contributed by atoms with Gasteiger partial charge < -0.3 is 10.1 Å². The van der Waals surface area contributed by atoms with Crippen molar-refractivity contribution in [3.63, 3.8) is 0 Å². The Labute approximate surface area is 188 Å². The number of hydrogen-bond acceptors (Lipinski definition) is 5. The molecule has 5 nitrogen and oxygen atoms in total. The van der Waals surface area contributed by atoms with Crippen LogP contribution in [0.25, 0.3) is 10.2 Å². The van der Waals surface area contributed by atoms with E-state index in [2.05, 4.69) is 21.3 Å². The topological polar surface area (TPSA) is 54.5 Å². The first kappa shape index (κ1) is 22.5. The normalized spacial score (nSPS) is 15.8. The maximum atomic E-state index is 13.0. The summed E-state index contributed by atoms with van der Waals surface area (Å²) < 4.78 is 44.1. The predicted molar refractivity (Wildman–Crippen MR) is 118 cm³/mol. The first-order valence-electron chi connectivity index (χ1n) is 10.4. The Morgan fingerprint density at radius 3 is 2.69 bits per heavy atom. The summed E-state index contributed by atoms with van der Waals surface area (Å²) in [6, 6.07) is 10.4. The van der Waals surface area contributed by atoms with Crippen LogP contribution in [0.5, 0.6) is 5.75 Å². The molecular weight excluding hydrogens is 439 g/mol. The van der Waals surface area contributed by atoms with Crippen molar-refractivity contribution in [3.8, 4) is 5.75 Å². The van der Waals surface area contributed by atoms with E-state index < -0.39 is 11.9 Å². The number of carbonyl (C=O) groups is 1. The summed E-state index contributed by atoms with van der Waals surface area (Å²) in [7, 11) is 1.65. The van der Waals surface area contributed by atoms with Gasteiger partial charge >= 0.3 is 6.18 Å². The third-order valence-electron chi connectivity index (χ3n) is 5.76. The van der Waals surface area contributed by atoms with Crippen molar-refractivity contribution < 1.29 is 22.7 Å². The van der Waals surface area contributed by atoms with E-state index in [1.54, 1.807) is 14.0 Å². The van der Waals surface area contributed by atoms with Gasteiger partial charge in [0.05, 0.1) is 12.0 Å². The number of nitrogens with zero attached hydrogens (tertiary/aromatic N) is 2. The molecule has 1 aromatic carbocycles. The van der Waals surface area contributed by atoms with Gasteiger partial charge in [-0.3, -0.25) is 9.69 Å². The number of carbonyl (C=O) groups excluding carboxylic acids is 1. The minimum Gasteiger partial charge on any atom is -0.497 e. The molecule has 0 aliphatic carbocycles. The number of benzene rings is 1. The third kappa shape index (κ3) is 4.88. The molecule has 1 aliphatic rings. The molecule has 3 aromatic rings. The summed E-state index contributed by atoms with van der Waals surface area (Å²) in [5.41, 5.74) is 0.902. The van der Waals surface area contributed by atoms with Crippen LogP contribution in [-0.4, -0.2) is 42.0 Å². The zero-order valence-corrected chi connectivity index (χ0v) is 18.6. The minimum absolute atomic E-state index is 0.0346. The number of nitrogens with one attached hydrogen (secondary N) is 1. The van der Waals surface area contributed by atoms with Crippen molar-refractivity contribution in [1.82, 2.24) is 15.2 Å². The van der Waals surface area contributed by atoms with E-state index in [0.717, 1.165) is 55.6 Å². The Hall–Kier alpha value is -2.65. The Kier molecular flexibility index (Phi) is 6.39. The molecule has 4 rings (SSSR count). The number of halogens is 3. The van der Waals surface area contributed by atoms with Crippen LogP contribution in [0.3, 0.4) is 0 Å². The summed E-state index contributed by atoms with van der Waals surface area (Å²) in [6.07, 6.45) is -2.88. The number of aromatic nitrogens is 1. The van der Waals surface area contributed by atoms with Crippen LogP contribution < -0.4 is 10.1 Å². The van der Waals surface area contributed by atoms with Gasteiger partial charge in [0, 0.05) is 31.1 Å². The molecule has 1 aliphatic heterocycles. The number of likely N-dealkylation sites (tertiary alicyclic amines) is 1. The van der Waals surface area contributed by atoms with E-state index >= 15 is 0 Å². The second kappa shape index (κ2) is 9.07. The van der Waals surface area contributed by atoms with E-state index in [9.17, 15) is 18.0 Å². The van der Waals surface area contributed by atoms with Gasteiger partial charge in [-0.1, -0.05) is 12.1 Å². The fourth-order valence-corrected chi connectivity index (χ4v) is 5.07. The summed E-state index contributed by atoms with van der Waals surface area (Å²) in [6.45, 7) is 4.27. The van der Waals surface area contributed by atoms with Gasteiger partial charge in [0.1, 0.15) is 16.3 Å². The highest BCUT2D eigenvalue weighted by Crippen LogP contribution is 2.34. The zero-order chi connectivity index (χ0) is 22.9. The number of piperidine rings is 1. The van der Waals surface area contributed by atoms with Crippen LogP contribution in [0.15, 0.2) is 36.4 Å². The lowest BCUT2D eigenvalue weighted by Crippen LogP contribution is -2.44. The van der Waals surface area contributed by atoms with Crippen LogP contribution in [-0.2, 0) is 12.7 Å². The van der Waals surface area contributed by atoms with Crippen LogP contribution in [0.1, 0.15) is 39.3 Å². The number of rotatable bonds is 5. The monoisotopic (exact) mass is 463 g/mol. The summed E-state index contributed by atoms with van der Waals surface area (Å²) in [5.74, 6) is 0.588. The number of fused-ring (bicyclic) bond motifs is 1. The number of amides is 1. The van der Waals surface area contributed by atoms with Gasteiger partial charge in [-0.25, -0.2) is 4.98 Å². The second-order valence-corrected chi connectivity index (χ2v) is 8.98. The maximum absolute atomic E-state index is 13.0. The van der Waals surface area contributed by atoms with Crippen LogP contribution >= 0.6 is 11.3 Å². The van der Waals surface area contributed by atoms with E-state index in [1.165, 1.54) is 11.6 Å². The van der Waals surface area contributed by atoms with Gasteiger partial charge in [-0.05, 0) is 55.2 Å². The first-order chi connectivity index (χ1) is 15.2. The van der Waals surface area contributed by atoms with Gasteiger partial charge in [0.2, 0.25) is 0 Å². The number of hydrogen-bond donors (Lipinski definition) is 1. The van der Waals surface area contributed by atoms with Gasteiger partial charge in [0.25, 0.3) is 5.91 Å². The fourth-order valence-electron chi connectivity index (χ4n) is 3.99. The average molecular weight is 464 g/mol. The Morgan fingerprint density at radius 1 is 1.25 bits per heavy atom. The molecule has 0 radical (unpaired) electrons. The average Bonchev–Trinajstić information content (AvgIpc) is 3.11. The molecular formula is C23H24F3N3O2S. The highest BCUT2D eigenvalue weighted by atomic mass is 32.1. The Bertz CT molecular complexity index is 1120. The molecule has 0 unspecified atom stereocenters. The molecule has 1 saturated heterocycles. The van der Waals surface area contributed by atoms with Gasteiger partial charge in [-0.15, -0.1) is 11.3 Å². The predicted octanol–water partition coefficient (Wildman–Crippen LogP) is 5.03. The van der Waals surface area contributed by atoms with E-state index in [4.69, 9.17) is 4.74 Å². The second-order valence-electron chi connectivity index (χ2n) is 7.98. The summed E-state index contributed by atoms with van der Waals surface area (Å²) >= 11 is 1.01. The fraction of sp³-hybridized carbons (Fsp3) is 0.391. The molecule has 1 fully saturated rings. The number of alkyl halides is 3. The van der Waals surface area contributed by atoms with E-state index in [0.29, 0.717) is 15.8 Å². The van der Waals surface area contributed by atoms with E-state index in [-0.39, 0.29) is 16.8 Å². The lowest BCUT2D eigenvalue weighted by Gasteiger charge is -2.32. The van der Waals surface area contributed by atoms with Crippen molar-refractivity contribution in [1.29, 1.82) is 0 Å². The van der Waals surface area contributed by atoms with Crippen LogP contribution in [0.2, 0.25) is 0 Å². The molecule has 0 bridgehead atoms. The lowest BCUT2D eigenvalue weighted by atomic mass is 10.0. The maximum Gasteiger partial charge on any atom is 0.433 e. The standard InChI is InChI=1S/C23H24F3N3O2S/c1-14-18-6-7-19(23(24,25)26)28-22(18)32-20(14)21(30)27-16-8-10-29(11-9-16)13-15-4-3-5-17(12-15)31-2/h3-7,12,16H,8-11,13H2,1-2H3,(H,27,30). The van der Waals surface area contributed by atoms with Crippen molar-refractivity contribution in [2.24, 2.45) is 0 Å². The third-order valence-corrected chi connectivity index (χ3v) is 6.96. The molecule has 1 amide bonds. The molecule has 32 heavy (non-hydrogen) atoms. The zero-order valence-electron chi connectivity index (χ0n) is 17.8. The lowest BCUT2D eigenvalue weighted by molar-refractivity contribution is -0.140. The number of methoxy groups -OCH3 is 1. The highest BCUT2D eigenvalue weighted by Gasteiger charge is 2.33.